The number of hydrogen-bond donors (Lipinski definition) is 2. The number of amides is 3. The summed E-state index contributed by atoms with van der Waals surface area (Å²) in [5.41, 5.74) is -1.57. The Hall–Kier alpha value is -0.860. The monoisotopic (exact) mass is 254 g/mol. The van der Waals surface area contributed by atoms with Crippen molar-refractivity contribution in [1.82, 2.24) is 10.6 Å². The van der Waals surface area contributed by atoms with Crippen molar-refractivity contribution in [3.05, 3.63) is 0 Å². The molecule has 1 spiro atoms. The molecule has 0 bridgehead atoms. The van der Waals surface area contributed by atoms with E-state index in [1.807, 2.05) is 5.32 Å². The number of carbonyl (C=O) groups excluding carboxylic acids is 2. The average Bonchev–Trinajstić information content (AvgIpc) is 2.57. The smallest absolute Gasteiger partial charge is 0.322 e. The molecule has 0 saturated carbocycles. The maximum Gasteiger partial charge on any atom is 0.322 e. The summed E-state index contributed by atoms with van der Waals surface area (Å²) in [6.07, 6.45) is 0. The highest BCUT2D eigenvalue weighted by atomic mass is 35.7. The van der Waals surface area contributed by atoms with Crippen LogP contribution >= 0.6 is 10.7 Å². The second-order valence-electron chi connectivity index (χ2n) is 3.36. The van der Waals surface area contributed by atoms with Gasteiger partial charge in [0.2, 0.25) is 9.05 Å². The van der Waals surface area contributed by atoms with E-state index in [2.05, 4.69) is 5.32 Å². The fourth-order valence-corrected chi connectivity index (χ4v) is 3.30. The molecule has 2 N–H and O–H groups in total. The van der Waals surface area contributed by atoms with Gasteiger partial charge in [-0.15, -0.1) is 0 Å². The highest BCUT2D eigenvalue weighted by molar-refractivity contribution is 8.14. The summed E-state index contributed by atoms with van der Waals surface area (Å²) in [6, 6.07) is -0.740. The second-order valence-corrected chi connectivity index (χ2v) is 6.17. The van der Waals surface area contributed by atoms with E-state index in [1.54, 1.807) is 0 Å². The molecular weight excluding hydrogens is 248 g/mol. The first-order valence-corrected chi connectivity index (χ1v) is 6.38. The second kappa shape index (κ2) is 3.06. The molecule has 2 heterocycles. The normalized spacial score (nSPS) is 35.7. The molecule has 2 fully saturated rings. The zero-order valence-electron chi connectivity index (χ0n) is 7.32. The standard InChI is InChI=1S/C6H7ClN2O5S/c7-15(12,13)3-1-14-2-6(3)4(10)8-5(11)9-6/h3H,1-2H2,(H2,8,9,10,11). The molecule has 15 heavy (non-hydrogen) atoms. The van der Waals surface area contributed by atoms with E-state index in [1.165, 1.54) is 0 Å². The molecule has 9 heteroatoms. The zero-order valence-corrected chi connectivity index (χ0v) is 8.89. The van der Waals surface area contributed by atoms with E-state index in [-0.39, 0.29) is 13.2 Å². The van der Waals surface area contributed by atoms with Crippen molar-refractivity contribution in [3.8, 4) is 0 Å². The number of ether oxygens (including phenoxy) is 1. The van der Waals surface area contributed by atoms with Crippen LogP contribution in [0.1, 0.15) is 0 Å². The van der Waals surface area contributed by atoms with Gasteiger partial charge in [-0.1, -0.05) is 0 Å². The van der Waals surface area contributed by atoms with Gasteiger partial charge in [0.1, 0.15) is 5.25 Å². The minimum atomic E-state index is -3.98. The zero-order chi connectivity index (χ0) is 11.3. The molecule has 0 radical (unpaired) electrons. The lowest BCUT2D eigenvalue weighted by Crippen LogP contribution is -2.57. The van der Waals surface area contributed by atoms with Crippen molar-refractivity contribution in [2.24, 2.45) is 0 Å². The van der Waals surface area contributed by atoms with Crippen LogP contribution in [-0.4, -0.2) is 44.4 Å². The third-order valence-corrected chi connectivity index (χ3v) is 4.32. The molecule has 3 amide bonds. The van der Waals surface area contributed by atoms with E-state index < -0.39 is 31.8 Å². The van der Waals surface area contributed by atoms with Gasteiger partial charge in [-0.05, 0) is 0 Å². The quantitative estimate of drug-likeness (QED) is 0.440. The average molecular weight is 255 g/mol. The Kier molecular flexibility index (Phi) is 2.18. The SMILES string of the molecule is O=C1NC(=O)C2(COCC2S(=O)(=O)Cl)N1. The summed E-state index contributed by atoms with van der Waals surface area (Å²) in [7, 11) is 1.20. The number of halogens is 1. The van der Waals surface area contributed by atoms with E-state index in [4.69, 9.17) is 15.4 Å². The lowest BCUT2D eigenvalue weighted by molar-refractivity contribution is -0.123. The first-order chi connectivity index (χ1) is 6.86. The van der Waals surface area contributed by atoms with Crippen molar-refractivity contribution >= 4 is 31.7 Å². The largest absolute Gasteiger partial charge is 0.377 e. The van der Waals surface area contributed by atoms with Crippen LogP contribution in [0.4, 0.5) is 4.79 Å². The van der Waals surface area contributed by atoms with Crippen LogP contribution < -0.4 is 10.6 Å². The van der Waals surface area contributed by atoms with Crippen molar-refractivity contribution < 1.29 is 22.7 Å². The van der Waals surface area contributed by atoms with Crippen molar-refractivity contribution in [2.75, 3.05) is 13.2 Å². The lowest BCUT2D eigenvalue weighted by Gasteiger charge is -2.22. The van der Waals surface area contributed by atoms with Gasteiger partial charge >= 0.3 is 6.03 Å². The Bertz CT molecular complexity index is 435. The van der Waals surface area contributed by atoms with Crippen LogP contribution in [0.2, 0.25) is 0 Å². The minimum absolute atomic E-state index is 0.193. The first-order valence-electron chi connectivity index (χ1n) is 4.01. The third-order valence-electron chi connectivity index (χ3n) is 2.46. The molecule has 0 aliphatic carbocycles. The summed E-state index contributed by atoms with van der Waals surface area (Å²) < 4.78 is 27.3. The van der Waals surface area contributed by atoms with Crippen LogP contribution in [0.25, 0.3) is 0 Å². The molecule has 2 unspecified atom stereocenters. The number of rotatable bonds is 1. The highest BCUT2D eigenvalue weighted by Crippen LogP contribution is 2.30. The summed E-state index contributed by atoms with van der Waals surface area (Å²) in [5.74, 6) is -0.723. The number of hydrogen-bond acceptors (Lipinski definition) is 5. The van der Waals surface area contributed by atoms with Crippen molar-refractivity contribution in [2.45, 2.75) is 10.8 Å². The summed E-state index contributed by atoms with van der Waals surface area (Å²) in [4.78, 5) is 22.4. The Morgan fingerprint density at radius 3 is 2.60 bits per heavy atom. The third kappa shape index (κ3) is 1.48. The van der Waals surface area contributed by atoms with E-state index in [0.717, 1.165) is 0 Å². The molecule has 2 rings (SSSR count). The van der Waals surface area contributed by atoms with Gasteiger partial charge in [0, 0.05) is 10.7 Å². The van der Waals surface area contributed by atoms with Crippen LogP contribution in [0.3, 0.4) is 0 Å². The predicted octanol–water partition coefficient (Wildman–Crippen LogP) is -1.47. The topological polar surface area (TPSA) is 102 Å². The van der Waals surface area contributed by atoms with E-state index in [0.29, 0.717) is 0 Å². The fourth-order valence-electron chi connectivity index (χ4n) is 1.72. The van der Waals surface area contributed by atoms with Gasteiger partial charge in [0.25, 0.3) is 5.91 Å². The summed E-state index contributed by atoms with van der Waals surface area (Å²) in [6.45, 7) is -0.402. The summed E-state index contributed by atoms with van der Waals surface area (Å²) in [5, 5.41) is 2.96. The van der Waals surface area contributed by atoms with Gasteiger partial charge in [0.15, 0.2) is 5.54 Å². The molecular formula is C6H7ClN2O5S. The number of urea groups is 1. The van der Waals surface area contributed by atoms with Crippen molar-refractivity contribution in [1.29, 1.82) is 0 Å². The van der Waals surface area contributed by atoms with Gasteiger partial charge in [-0.25, -0.2) is 13.2 Å². The van der Waals surface area contributed by atoms with Gasteiger partial charge in [-0.3, -0.25) is 10.1 Å². The molecule has 84 valence electrons. The molecule has 2 saturated heterocycles. The fraction of sp³-hybridized carbons (Fsp3) is 0.667. The molecule has 2 atom stereocenters. The van der Waals surface area contributed by atoms with E-state index >= 15 is 0 Å². The predicted molar refractivity (Wildman–Crippen MR) is 48.8 cm³/mol. The van der Waals surface area contributed by atoms with Crippen LogP contribution in [-0.2, 0) is 18.6 Å². The summed E-state index contributed by atoms with van der Waals surface area (Å²) >= 11 is 0. The molecule has 7 nitrogen and oxygen atoms in total. The molecule has 0 aromatic rings. The number of imide groups is 1. The van der Waals surface area contributed by atoms with Gasteiger partial charge in [-0.2, -0.15) is 0 Å². The Morgan fingerprint density at radius 2 is 2.13 bits per heavy atom. The van der Waals surface area contributed by atoms with Crippen LogP contribution in [0.15, 0.2) is 0 Å². The molecule has 2 aliphatic rings. The minimum Gasteiger partial charge on any atom is -0.377 e. The molecule has 0 aromatic carbocycles. The van der Waals surface area contributed by atoms with E-state index in [9.17, 15) is 18.0 Å². The Balaban J connectivity index is 2.43. The Labute approximate surface area is 89.5 Å². The maximum atomic E-state index is 11.5. The highest BCUT2D eigenvalue weighted by Gasteiger charge is 2.60. The Morgan fingerprint density at radius 1 is 1.47 bits per heavy atom. The van der Waals surface area contributed by atoms with Crippen LogP contribution in [0.5, 0.6) is 0 Å². The molecule has 0 aromatic heterocycles. The lowest BCUT2D eigenvalue weighted by atomic mass is 9.99. The first kappa shape index (κ1) is 10.7. The van der Waals surface area contributed by atoms with Crippen LogP contribution in [0, 0.1) is 0 Å². The van der Waals surface area contributed by atoms with Gasteiger partial charge in [0.05, 0.1) is 13.2 Å². The maximum absolute atomic E-state index is 11.5. The van der Waals surface area contributed by atoms with Gasteiger partial charge < -0.3 is 10.1 Å². The molecule has 2 aliphatic heterocycles. The number of nitrogens with one attached hydrogen (secondary N) is 2. The number of carbonyl (C=O) groups is 2. The van der Waals surface area contributed by atoms with Crippen molar-refractivity contribution in [3.63, 3.8) is 0 Å².